The molecule has 0 saturated carbocycles. The van der Waals surface area contributed by atoms with Crippen molar-refractivity contribution in [3.63, 3.8) is 0 Å². The molecular weight excluding hydrogens is 769 g/mol. The highest BCUT2D eigenvalue weighted by Crippen LogP contribution is 2.35. The number of methoxy groups -OCH3 is 1. The minimum Gasteiger partial charge on any atom is -0.497 e. The molecule has 8 rings (SSSR count). The van der Waals surface area contributed by atoms with Gasteiger partial charge in [0.1, 0.15) is 24.0 Å². The number of nitrogens with one attached hydrogen (secondary N) is 1. The van der Waals surface area contributed by atoms with E-state index in [1.165, 1.54) is 70.4 Å². The van der Waals surface area contributed by atoms with Crippen LogP contribution in [0.25, 0.3) is 32.9 Å². The van der Waals surface area contributed by atoms with Crippen LogP contribution in [0.2, 0.25) is 0 Å². The third-order valence-electron chi connectivity index (χ3n) is 10.7. The molecule has 3 saturated heterocycles. The Bertz CT molecular complexity index is 2250. The van der Waals surface area contributed by atoms with Crippen molar-refractivity contribution in [2.75, 3.05) is 50.6 Å². The maximum absolute atomic E-state index is 14.6. The van der Waals surface area contributed by atoms with Crippen molar-refractivity contribution in [2.24, 2.45) is 5.92 Å². The Labute approximate surface area is 348 Å². The van der Waals surface area contributed by atoms with E-state index in [-0.39, 0.29) is 11.3 Å². The van der Waals surface area contributed by atoms with Crippen LogP contribution in [0, 0.1) is 34.2 Å². The largest absolute Gasteiger partial charge is 0.497 e. The Morgan fingerprint density at radius 1 is 1.07 bits per heavy atom. The Balaban J connectivity index is 0.000000206. The van der Waals surface area contributed by atoms with E-state index in [1.54, 1.807) is 18.2 Å². The molecule has 5 heterocycles. The Kier molecular flexibility index (Phi) is 16.3. The van der Waals surface area contributed by atoms with Crippen LogP contribution in [0.4, 0.5) is 21.8 Å². The summed E-state index contributed by atoms with van der Waals surface area (Å²) in [6.45, 7) is 10.8. The van der Waals surface area contributed by atoms with Gasteiger partial charge in [0.25, 0.3) is 12.2 Å². The normalized spacial score (nSPS) is 18.2. The molecule has 3 aliphatic heterocycles. The Hall–Kier alpha value is -5.44. The molecule has 5 aromatic rings. The summed E-state index contributed by atoms with van der Waals surface area (Å²) in [5.41, 5.74) is 2.61. The summed E-state index contributed by atoms with van der Waals surface area (Å²) in [4.78, 5) is 38.9. The highest BCUT2D eigenvalue weighted by Gasteiger charge is 2.36. The summed E-state index contributed by atoms with van der Waals surface area (Å²) in [7, 11) is 6.12. The molecule has 0 spiro atoms. The first-order valence-electron chi connectivity index (χ1n) is 20.2. The second-order valence-electron chi connectivity index (χ2n) is 14.9. The molecule has 3 aliphatic rings. The molecule has 3 fully saturated rings. The van der Waals surface area contributed by atoms with Crippen LogP contribution in [-0.4, -0.2) is 83.7 Å². The summed E-state index contributed by atoms with van der Waals surface area (Å²) in [6, 6.07) is 16.2. The minimum absolute atomic E-state index is 0.0748. The van der Waals surface area contributed by atoms with Gasteiger partial charge in [0.15, 0.2) is 0 Å². The molecule has 2 aromatic heterocycles. The maximum Gasteiger partial charge on any atom is 0.293 e. The van der Waals surface area contributed by atoms with E-state index in [0.717, 1.165) is 58.5 Å². The minimum atomic E-state index is -0.445. The fraction of sp³-hybridized carbons (Fsp3) is 0.422. The van der Waals surface area contributed by atoms with Gasteiger partial charge in [-0.3, -0.25) is 24.8 Å². The van der Waals surface area contributed by atoms with E-state index >= 15 is 0 Å². The molecule has 0 amide bonds. The number of piperidine rings is 1. The summed E-state index contributed by atoms with van der Waals surface area (Å²) in [5.74, 6) is 4.80. The van der Waals surface area contributed by atoms with Crippen molar-refractivity contribution in [2.45, 2.75) is 77.8 Å². The fourth-order valence-corrected chi connectivity index (χ4v) is 8.42. The highest BCUT2D eigenvalue weighted by atomic mass is 31.0. The first kappa shape index (κ1) is 44.7. The lowest BCUT2D eigenvalue weighted by Crippen LogP contribution is -2.35. The van der Waals surface area contributed by atoms with Gasteiger partial charge in [-0.1, -0.05) is 57.4 Å². The number of aromatic nitrogens is 3. The van der Waals surface area contributed by atoms with Crippen molar-refractivity contribution in [3.8, 4) is 29.4 Å². The lowest BCUT2D eigenvalue weighted by molar-refractivity contribution is -0.384. The molecular formula is C45H55FN7O5P. The van der Waals surface area contributed by atoms with Gasteiger partial charge < -0.3 is 19.7 Å². The summed E-state index contributed by atoms with van der Waals surface area (Å²) < 4.78 is 24.2. The molecule has 4 unspecified atom stereocenters. The molecule has 0 aliphatic carbocycles. The van der Waals surface area contributed by atoms with Crippen LogP contribution in [0.5, 0.6) is 5.75 Å². The average Bonchev–Trinajstić information content (AvgIpc) is 3.88. The zero-order valence-corrected chi connectivity index (χ0v) is 35.8. The lowest BCUT2D eigenvalue weighted by atomic mass is 9.96. The van der Waals surface area contributed by atoms with Crippen molar-refractivity contribution < 1.29 is 23.6 Å². The number of pyridine rings is 1. The van der Waals surface area contributed by atoms with Crippen molar-refractivity contribution >= 4 is 60.1 Å². The van der Waals surface area contributed by atoms with E-state index in [0.29, 0.717) is 47.8 Å². The number of ether oxygens (including phenoxy) is 2. The van der Waals surface area contributed by atoms with E-state index in [1.807, 2.05) is 31.4 Å². The monoisotopic (exact) mass is 823 g/mol. The number of carbonyl (C=O) groups excluding carboxylic acids is 1. The van der Waals surface area contributed by atoms with Gasteiger partial charge in [0, 0.05) is 66.8 Å². The number of halogens is 1. The van der Waals surface area contributed by atoms with E-state index in [4.69, 9.17) is 30.8 Å². The molecule has 4 atom stereocenters. The van der Waals surface area contributed by atoms with Gasteiger partial charge in [-0.25, -0.2) is 9.37 Å². The van der Waals surface area contributed by atoms with Crippen LogP contribution in [0.15, 0.2) is 60.8 Å². The van der Waals surface area contributed by atoms with E-state index in [9.17, 15) is 19.3 Å². The Morgan fingerprint density at radius 2 is 1.81 bits per heavy atom. The van der Waals surface area contributed by atoms with Crippen LogP contribution in [-0.2, 0) is 9.53 Å². The zero-order valence-electron chi connectivity index (χ0n) is 34.6. The number of carbonyl (C=O) groups is 1. The van der Waals surface area contributed by atoms with Crippen molar-refractivity contribution in [3.05, 3.63) is 82.3 Å². The predicted octanol–water partition coefficient (Wildman–Crippen LogP) is 8.55. The number of nitro groups is 1. The predicted molar refractivity (Wildman–Crippen MR) is 238 cm³/mol. The number of nitro benzene ring substituents is 1. The number of nitrogens with zero attached hydrogens (tertiary/aromatic N) is 6. The molecule has 12 nitrogen and oxygen atoms in total. The smallest absolute Gasteiger partial charge is 0.293 e. The van der Waals surface area contributed by atoms with Crippen LogP contribution >= 0.6 is 9.24 Å². The van der Waals surface area contributed by atoms with Crippen molar-refractivity contribution in [1.29, 1.82) is 0 Å². The Morgan fingerprint density at radius 3 is 2.47 bits per heavy atom. The standard InChI is InChI=1S/C26H25FN5P.C9H15NO2.C7H7NO3.C3H8/c1-4-17-20(27)11-10-16-8-5-9-18(21(16)17)22-24(33)23-19(13-29-22)25(31-26(28-3)30-23)32-12-6-7-15(2)14-32;11-7-12-6-9-4-3-8-2-1-5-10(8)9;1-11-7-4-2-6(3-5-7)8(9)10;1-3-2/h1,5,8-11,13,15H,6-7,12,14,33H2,2-3H3,(H,28,30,31);7-9H,1-6H2;2-5H,1H3;3H2,1-2H3. The third kappa shape index (κ3) is 10.8. The van der Waals surface area contributed by atoms with Crippen LogP contribution < -0.4 is 20.3 Å². The van der Waals surface area contributed by atoms with Gasteiger partial charge in [-0.15, -0.1) is 15.7 Å². The average molecular weight is 824 g/mol. The number of anilines is 2. The summed E-state index contributed by atoms with van der Waals surface area (Å²) in [5, 5.41) is 16.6. The molecule has 0 radical (unpaired) electrons. The van der Waals surface area contributed by atoms with Crippen LogP contribution in [0.1, 0.15) is 71.3 Å². The number of terminal acetylenes is 1. The molecule has 3 aromatic carbocycles. The number of non-ortho nitro benzene ring substituents is 1. The number of hydrogen-bond donors (Lipinski definition) is 1. The van der Waals surface area contributed by atoms with Crippen LogP contribution in [0.3, 0.4) is 0 Å². The zero-order chi connectivity index (χ0) is 42.5. The van der Waals surface area contributed by atoms with Gasteiger partial charge >= 0.3 is 0 Å². The number of rotatable bonds is 8. The third-order valence-corrected chi connectivity index (χ3v) is 11.2. The quantitative estimate of drug-likeness (QED) is 0.0530. The number of fused-ring (bicyclic) bond motifs is 3. The molecule has 312 valence electrons. The molecule has 59 heavy (non-hydrogen) atoms. The highest BCUT2D eigenvalue weighted by molar-refractivity contribution is 7.28. The van der Waals surface area contributed by atoms with Gasteiger partial charge in [0.05, 0.1) is 34.2 Å². The molecule has 1 N–H and O–H groups in total. The topological polar surface area (TPSA) is 136 Å². The van der Waals surface area contributed by atoms with E-state index in [2.05, 4.69) is 51.0 Å². The van der Waals surface area contributed by atoms with Gasteiger partial charge in [0.2, 0.25) is 5.95 Å². The first-order chi connectivity index (χ1) is 28.6. The van der Waals surface area contributed by atoms with E-state index < -0.39 is 10.7 Å². The second-order valence-corrected chi connectivity index (χ2v) is 15.5. The number of benzene rings is 3. The maximum atomic E-state index is 14.6. The van der Waals surface area contributed by atoms with Gasteiger partial charge in [-0.05, 0) is 74.6 Å². The molecule has 0 bridgehead atoms. The number of hydrogen-bond acceptors (Lipinski definition) is 11. The lowest BCUT2D eigenvalue weighted by Gasteiger charge is -2.32. The first-order valence-corrected chi connectivity index (χ1v) is 20.8. The SMILES string of the molecule is C#Cc1c(F)ccc2cccc(-c3ncc4c(N5CCCC(C)C5)nc(NC)nc4c3P)c12.CCC.COc1ccc([N+](=O)[O-])cc1.O=COCC1CCC2CCCN21. The summed E-state index contributed by atoms with van der Waals surface area (Å²) in [6.07, 6.45) is 16.3. The second kappa shape index (κ2) is 21.5. The fourth-order valence-electron chi connectivity index (χ4n) is 7.97. The van der Waals surface area contributed by atoms with Crippen molar-refractivity contribution in [1.82, 2.24) is 19.9 Å². The van der Waals surface area contributed by atoms with Gasteiger partial charge in [-0.2, -0.15) is 4.98 Å². The summed E-state index contributed by atoms with van der Waals surface area (Å²) >= 11 is 0. The molecule has 14 heteroatoms.